The van der Waals surface area contributed by atoms with E-state index < -0.39 is 11.9 Å². The number of nitrogen functional groups attached to an aromatic ring is 1. The lowest BCUT2D eigenvalue weighted by Gasteiger charge is -2.29. The van der Waals surface area contributed by atoms with Gasteiger partial charge in [-0.25, -0.2) is 0 Å². The third kappa shape index (κ3) is 3.76. The molecule has 2 aromatic heterocycles. The Balaban J connectivity index is 1.96. The smallest absolute Gasteiger partial charge is 0.368 e. The molecule has 0 aromatic carbocycles. The van der Waals surface area contributed by atoms with Gasteiger partial charge in [0.15, 0.2) is 5.82 Å². The van der Waals surface area contributed by atoms with E-state index in [0.29, 0.717) is 13.1 Å². The summed E-state index contributed by atoms with van der Waals surface area (Å²) in [7, 11) is 0. The van der Waals surface area contributed by atoms with Crippen molar-refractivity contribution in [3.8, 4) is 17.5 Å². The fraction of sp³-hybridized carbons (Fsp3) is 0.400. The number of rotatable bonds is 2. The van der Waals surface area contributed by atoms with Crippen molar-refractivity contribution >= 4 is 11.9 Å². The molecule has 2 N–H and O–H groups in total. The minimum atomic E-state index is -4.57. The first-order valence-corrected chi connectivity index (χ1v) is 7.56. The number of hydrogen-bond acceptors (Lipinski definition) is 7. The van der Waals surface area contributed by atoms with Crippen LogP contribution in [0.1, 0.15) is 18.5 Å². The number of nitrogens with two attached hydrogens (primary N) is 1. The molecule has 0 spiro atoms. The average molecular weight is 349 g/mol. The molecule has 3 heterocycles. The van der Waals surface area contributed by atoms with E-state index in [1.54, 1.807) is 4.90 Å². The summed E-state index contributed by atoms with van der Waals surface area (Å²) >= 11 is 0. The predicted molar refractivity (Wildman–Crippen MR) is 83.0 cm³/mol. The van der Waals surface area contributed by atoms with Crippen LogP contribution in [0.4, 0.5) is 25.1 Å². The topological polar surface area (TPSA) is 105 Å². The van der Waals surface area contributed by atoms with Crippen LogP contribution in [0.25, 0.3) is 11.4 Å². The molecule has 3 rings (SSSR count). The molecule has 0 radical (unpaired) electrons. The van der Waals surface area contributed by atoms with Crippen LogP contribution in [0, 0.1) is 17.2 Å². The molecule has 10 heteroatoms. The van der Waals surface area contributed by atoms with E-state index in [0.717, 1.165) is 25.1 Å². The van der Waals surface area contributed by atoms with Crippen LogP contribution in [-0.2, 0) is 6.18 Å². The highest BCUT2D eigenvalue weighted by molar-refractivity contribution is 5.58. The maximum atomic E-state index is 12.8. The van der Waals surface area contributed by atoms with E-state index in [1.807, 2.05) is 0 Å². The zero-order valence-corrected chi connectivity index (χ0v) is 13.0. The molecule has 25 heavy (non-hydrogen) atoms. The fourth-order valence-electron chi connectivity index (χ4n) is 2.64. The monoisotopic (exact) mass is 349 g/mol. The van der Waals surface area contributed by atoms with Crippen LogP contribution < -0.4 is 10.6 Å². The first-order valence-electron chi connectivity index (χ1n) is 7.56. The standard InChI is InChI=1S/C15H14F3N7/c16-15(17,18)11-6-10(3-4-21-11)12-22-13(20)24-14(23-12)25-5-1-2-9(7-19)8-25/h3-4,6,9H,1-2,5,8H2,(H2,20,22,23,24). The molecular formula is C15H14F3N7. The van der Waals surface area contributed by atoms with Crippen LogP contribution in [-0.4, -0.2) is 33.0 Å². The van der Waals surface area contributed by atoms with E-state index in [4.69, 9.17) is 11.0 Å². The molecule has 7 nitrogen and oxygen atoms in total. The molecule has 1 saturated heterocycles. The van der Waals surface area contributed by atoms with Gasteiger partial charge in [-0.1, -0.05) is 0 Å². The second-order valence-electron chi connectivity index (χ2n) is 5.66. The minimum absolute atomic E-state index is 0.0366. The highest BCUT2D eigenvalue weighted by atomic mass is 19.4. The SMILES string of the molecule is N#CC1CCCN(c2nc(N)nc(-c3ccnc(C(F)(F)F)c3)n2)C1. The summed E-state index contributed by atoms with van der Waals surface area (Å²) < 4.78 is 38.5. The van der Waals surface area contributed by atoms with Crippen molar-refractivity contribution in [2.75, 3.05) is 23.7 Å². The molecule has 1 atom stereocenters. The molecule has 0 aliphatic carbocycles. The highest BCUT2D eigenvalue weighted by Gasteiger charge is 2.33. The van der Waals surface area contributed by atoms with Gasteiger partial charge >= 0.3 is 6.18 Å². The number of hydrogen-bond donors (Lipinski definition) is 1. The zero-order chi connectivity index (χ0) is 18.0. The Morgan fingerprint density at radius 2 is 2.08 bits per heavy atom. The molecule has 130 valence electrons. The molecule has 1 aliphatic heterocycles. The van der Waals surface area contributed by atoms with Gasteiger partial charge in [0, 0.05) is 24.8 Å². The van der Waals surface area contributed by atoms with Crippen LogP contribution in [0.3, 0.4) is 0 Å². The van der Waals surface area contributed by atoms with Gasteiger partial charge in [0.1, 0.15) is 5.69 Å². The fourth-order valence-corrected chi connectivity index (χ4v) is 2.64. The molecule has 1 unspecified atom stereocenters. The summed E-state index contributed by atoms with van der Waals surface area (Å²) in [5.41, 5.74) is 4.81. The lowest BCUT2D eigenvalue weighted by atomic mass is 10.0. The van der Waals surface area contributed by atoms with Gasteiger partial charge in [-0.15, -0.1) is 0 Å². The highest BCUT2D eigenvalue weighted by Crippen LogP contribution is 2.30. The minimum Gasteiger partial charge on any atom is -0.368 e. The molecule has 0 bridgehead atoms. The number of alkyl halides is 3. The Morgan fingerprint density at radius 3 is 2.80 bits per heavy atom. The van der Waals surface area contributed by atoms with Gasteiger partial charge < -0.3 is 10.6 Å². The Morgan fingerprint density at radius 1 is 1.28 bits per heavy atom. The first-order chi connectivity index (χ1) is 11.9. The summed E-state index contributed by atoms with van der Waals surface area (Å²) in [6.07, 6.45) is -1.93. The number of aromatic nitrogens is 4. The van der Waals surface area contributed by atoms with Crippen LogP contribution in [0.5, 0.6) is 0 Å². The van der Waals surface area contributed by atoms with E-state index in [2.05, 4.69) is 26.0 Å². The van der Waals surface area contributed by atoms with Gasteiger partial charge in [-0.2, -0.15) is 33.4 Å². The number of nitrogens with zero attached hydrogens (tertiary/aromatic N) is 6. The molecule has 0 saturated carbocycles. The average Bonchev–Trinajstić information content (AvgIpc) is 2.60. The maximum absolute atomic E-state index is 12.8. The molecular weight excluding hydrogens is 335 g/mol. The Bertz CT molecular complexity index is 816. The quantitative estimate of drug-likeness (QED) is 0.887. The van der Waals surface area contributed by atoms with Crippen LogP contribution >= 0.6 is 0 Å². The lowest BCUT2D eigenvalue weighted by molar-refractivity contribution is -0.141. The second-order valence-corrected chi connectivity index (χ2v) is 5.66. The van der Waals surface area contributed by atoms with Gasteiger partial charge in [0.2, 0.25) is 11.9 Å². The third-order valence-electron chi connectivity index (χ3n) is 3.84. The van der Waals surface area contributed by atoms with Gasteiger partial charge in [-0.3, -0.25) is 4.98 Å². The van der Waals surface area contributed by atoms with E-state index in [9.17, 15) is 13.2 Å². The summed E-state index contributed by atoms with van der Waals surface area (Å²) in [6, 6.07) is 4.46. The van der Waals surface area contributed by atoms with Crippen molar-refractivity contribution in [3.63, 3.8) is 0 Å². The van der Waals surface area contributed by atoms with E-state index >= 15 is 0 Å². The molecule has 0 amide bonds. The Labute approximate surface area is 141 Å². The van der Waals surface area contributed by atoms with Crippen LogP contribution in [0.15, 0.2) is 18.3 Å². The predicted octanol–water partition coefficient (Wildman–Crippen LogP) is 2.27. The Hall–Kier alpha value is -2.96. The van der Waals surface area contributed by atoms with Crippen molar-refractivity contribution in [2.45, 2.75) is 19.0 Å². The van der Waals surface area contributed by atoms with Gasteiger partial charge in [0.05, 0.1) is 12.0 Å². The van der Waals surface area contributed by atoms with Crippen molar-refractivity contribution in [2.24, 2.45) is 5.92 Å². The number of nitriles is 1. The van der Waals surface area contributed by atoms with Gasteiger partial charge in [0.25, 0.3) is 0 Å². The van der Waals surface area contributed by atoms with Gasteiger partial charge in [-0.05, 0) is 25.0 Å². The van der Waals surface area contributed by atoms with Crippen molar-refractivity contribution in [1.82, 2.24) is 19.9 Å². The second kappa shape index (κ2) is 6.51. The zero-order valence-electron chi connectivity index (χ0n) is 13.0. The van der Waals surface area contributed by atoms with Crippen molar-refractivity contribution < 1.29 is 13.2 Å². The molecule has 2 aromatic rings. The van der Waals surface area contributed by atoms with E-state index in [1.165, 1.54) is 6.07 Å². The third-order valence-corrected chi connectivity index (χ3v) is 3.84. The number of piperidine rings is 1. The maximum Gasteiger partial charge on any atom is 0.433 e. The first kappa shape index (κ1) is 16.9. The lowest BCUT2D eigenvalue weighted by Crippen LogP contribution is -2.36. The summed E-state index contributed by atoms with van der Waals surface area (Å²) in [4.78, 5) is 17.3. The summed E-state index contributed by atoms with van der Waals surface area (Å²) in [6.45, 7) is 1.09. The number of pyridine rings is 1. The van der Waals surface area contributed by atoms with E-state index in [-0.39, 0.29) is 29.2 Å². The summed E-state index contributed by atoms with van der Waals surface area (Å²) in [5, 5.41) is 9.08. The Kier molecular flexibility index (Phi) is 4.39. The molecule has 1 aliphatic rings. The largest absolute Gasteiger partial charge is 0.433 e. The van der Waals surface area contributed by atoms with Crippen molar-refractivity contribution in [3.05, 3.63) is 24.0 Å². The van der Waals surface area contributed by atoms with Crippen LogP contribution in [0.2, 0.25) is 0 Å². The molecule has 1 fully saturated rings. The number of anilines is 2. The van der Waals surface area contributed by atoms with Crippen molar-refractivity contribution in [1.29, 1.82) is 5.26 Å². The normalized spacial score (nSPS) is 18.0. The summed E-state index contributed by atoms with van der Waals surface area (Å²) in [5.74, 6) is 0.0553. The number of halogens is 3.